The van der Waals surface area contributed by atoms with Gasteiger partial charge in [0.1, 0.15) is 18.1 Å². The van der Waals surface area contributed by atoms with E-state index in [1.54, 1.807) is 13.8 Å². The smallest absolute Gasteiger partial charge is 0.315 e. The molecule has 2 aliphatic rings. The summed E-state index contributed by atoms with van der Waals surface area (Å²) in [5.41, 5.74) is 6.87. The standard InChI is InChI=1S/C33H56N10O11S/c1-17(2)19(12-25(46)43-54)31(51)38-18(3)30(50)40-21(15-44)32(52)37-13-26(47)36-14-27(48)39-20(29(34)49)8-6-7-11-35-24(45)10-5-4-9-23-28-22(16-55-23)41-33(53)42-28/h17-23,28,44,54H,4-16H2,1-3H3,(H2,34,49)(H,35,45)(H,36,47)(H,37,52)(H,38,51)(H,39,48)(H,40,50)(H,43,46)(H2,41,42,53)/t18-,19?,20-,21-,22-,23-,28-/m0/s1. The molecule has 0 aromatic rings. The number of hydroxylamine groups is 1. The lowest BCUT2D eigenvalue weighted by molar-refractivity contribution is -0.137. The minimum absolute atomic E-state index is 0.0867. The first-order valence-electron chi connectivity index (χ1n) is 18.3. The van der Waals surface area contributed by atoms with Gasteiger partial charge in [-0.25, -0.2) is 10.3 Å². The molecule has 2 saturated heterocycles. The fourth-order valence-electron chi connectivity index (χ4n) is 5.88. The van der Waals surface area contributed by atoms with Crippen molar-refractivity contribution in [2.75, 3.05) is 32.0 Å². The normalized spacial score (nSPS) is 19.3. The molecule has 0 aromatic carbocycles. The highest BCUT2D eigenvalue weighted by molar-refractivity contribution is 8.00. The van der Waals surface area contributed by atoms with Crippen molar-refractivity contribution >= 4 is 65.1 Å². The number of nitrogens with two attached hydrogens (primary N) is 1. The van der Waals surface area contributed by atoms with E-state index in [1.165, 1.54) is 12.4 Å². The van der Waals surface area contributed by atoms with E-state index in [0.717, 1.165) is 25.0 Å². The van der Waals surface area contributed by atoms with E-state index in [9.17, 15) is 48.3 Å². The van der Waals surface area contributed by atoms with Crippen LogP contribution in [0.15, 0.2) is 0 Å². The summed E-state index contributed by atoms with van der Waals surface area (Å²) in [4.78, 5) is 109. The third-order valence-corrected chi connectivity index (χ3v) is 10.6. The van der Waals surface area contributed by atoms with Crippen LogP contribution in [0.2, 0.25) is 0 Å². The molecule has 0 spiro atoms. The van der Waals surface area contributed by atoms with Gasteiger partial charge in [0.2, 0.25) is 47.3 Å². The van der Waals surface area contributed by atoms with E-state index < -0.39 is 85.1 Å². The summed E-state index contributed by atoms with van der Waals surface area (Å²) >= 11 is 1.83. The third-order valence-electron chi connectivity index (χ3n) is 9.11. The molecule has 0 bridgehead atoms. The fourth-order valence-corrected chi connectivity index (χ4v) is 7.42. The number of amides is 10. The van der Waals surface area contributed by atoms with Gasteiger partial charge in [-0.05, 0) is 44.9 Å². The summed E-state index contributed by atoms with van der Waals surface area (Å²) in [5, 5.41) is 39.0. The highest BCUT2D eigenvalue weighted by atomic mass is 32.2. The van der Waals surface area contributed by atoms with Gasteiger partial charge in [0.25, 0.3) is 0 Å². The van der Waals surface area contributed by atoms with E-state index in [4.69, 9.17) is 10.9 Å². The molecule has 10 amide bonds. The van der Waals surface area contributed by atoms with Crippen LogP contribution in [0.25, 0.3) is 0 Å². The first-order valence-corrected chi connectivity index (χ1v) is 19.3. The number of hydrogen-bond donors (Lipinski definition) is 12. The number of aliphatic hydroxyl groups is 1. The molecule has 2 fully saturated rings. The number of hydrogen-bond acceptors (Lipinski definition) is 12. The van der Waals surface area contributed by atoms with Crippen LogP contribution in [0, 0.1) is 11.8 Å². The van der Waals surface area contributed by atoms with Crippen molar-refractivity contribution in [2.45, 2.75) is 108 Å². The zero-order chi connectivity index (χ0) is 41.1. The number of unbranched alkanes of at least 4 members (excludes halogenated alkanes) is 2. The molecule has 0 aromatic heterocycles. The second-order valence-corrected chi connectivity index (χ2v) is 15.1. The first kappa shape index (κ1) is 46.5. The first-order chi connectivity index (χ1) is 26.1. The van der Waals surface area contributed by atoms with Crippen LogP contribution in [0.3, 0.4) is 0 Å². The van der Waals surface area contributed by atoms with Crippen molar-refractivity contribution in [1.29, 1.82) is 0 Å². The SMILES string of the molecule is CC(C)C(CC(=O)NO)C(=O)N[C@@H](C)C(=O)N[C@@H](CO)C(=O)NCC(=O)NCC(=O)N[C@@H](CCCCNC(=O)CCCC[C@@H]1SC[C@@H]2NC(=O)N[C@@H]21)C(N)=O. The highest BCUT2D eigenvalue weighted by Gasteiger charge is 2.42. The molecule has 0 aliphatic carbocycles. The Kier molecular flexibility index (Phi) is 20.2. The lowest BCUT2D eigenvalue weighted by atomic mass is 9.91. The van der Waals surface area contributed by atoms with Gasteiger partial charge in [-0.15, -0.1) is 0 Å². The summed E-state index contributed by atoms with van der Waals surface area (Å²) in [7, 11) is 0. The highest BCUT2D eigenvalue weighted by Crippen LogP contribution is 2.33. The third kappa shape index (κ3) is 16.7. The van der Waals surface area contributed by atoms with Crippen molar-refractivity contribution in [1.82, 2.24) is 48.0 Å². The van der Waals surface area contributed by atoms with Crippen LogP contribution >= 0.6 is 11.8 Å². The Labute approximate surface area is 323 Å². The monoisotopic (exact) mass is 800 g/mol. The second-order valence-electron chi connectivity index (χ2n) is 13.8. The summed E-state index contributed by atoms with van der Waals surface area (Å²) in [6.07, 6.45) is 3.74. The van der Waals surface area contributed by atoms with Crippen molar-refractivity contribution in [2.24, 2.45) is 17.6 Å². The molecule has 1 unspecified atom stereocenters. The summed E-state index contributed by atoms with van der Waals surface area (Å²) < 4.78 is 0. The average molecular weight is 801 g/mol. The van der Waals surface area contributed by atoms with Crippen molar-refractivity contribution in [3.63, 3.8) is 0 Å². The Morgan fingerprint density at radius 2 is 1.51 bits per heavy atom. The van der Waals surface area contributed by atoms with Crippen LogP contribution in [-0.4, -0.2) is 131 Å². The zero-order valence-electron chi connectivity index (χ0n) is 31.4. The van der Waals surface area contributed by atoms with E-state index in [2.05, 4.69) is 42.5 Å². The summed E-state index contributed by atoms with van der Waals surface area (Å²) in [6.45, 7) is 3.02. The Morgan fingerprint density at radius 1 is 0.800 bits per heavy atom. The molecular weight excluding hydrogens is 744 g/mol. The Bertz CT molecular complexity index is 1390. The largest absolute Gasteiger partial charge is 0.394 e. The van der Waals surface area contributed by atoms with Gasteiger partial charge in [0.15, 0.2) is 0 Å². The van der Waals surface area contributed by atoms with Crippen molar-refractivity contribution in [3.05, 3.63) is 0 Å². The lowest BCUT2D eigenvalue weighted by Gasteiger charge is -2.23. The van der Waals surface area contributed by atoms with Crippen LogP contribution in [0.5, 0.6) is 0 Å². The number of carbonyl (C=O) groups excluding carboxylic acids is 9. The molecule has 55 heavy (non-hydrogen) atoms. The van der Waals surface area contributed by atoms with Gasteiger partial charge in [-0.2, -0.15) is 11.8 Å². The van der Waals surface area contributed by atoms with Gasteiger partial charge in [-0.1, -0.05) is 20.3 Å². The molecule has 2 heterocycles. The lowest BCUT2D eigenvalue weighted by Crippen LogP contribution is -2.56. The van der Waals surface area contributed by atoms with E-state index >= 15 is 0 Å². The Morgan fingerprint density at radius 3 is 2.16 bits per heavy atom. The second kappa shape index (κ2) is 23.9. The van der Waals surface area contributed by atoms with Crippen LogP contribution < -0.4 is 53.7 Å². The molecular formula is C33H56N10O11S. The topological polar surface area (TPSA) is 328 Å². The number of primary amides is 1. The van der Waals surface area contributed by atoms with E-state index in [-0.39, 0.29) is 42.8 Å². The molecule has 310 valence electrons. The van der Waals surface area contributed by atoms with Crippen molar-refractivity contribution in [3.8, 4) is 0 Å². The molecule has 2 aliphatic heterocycles. The zero-order valence-corrected chi connectivity index (χ0v) is 32.2. The van der Waals surface area contributed by atoms with E-state index in [0.29, 0.717) is 31.1 Å². The van der Waals surface area contributed by atoms with Crippen LogP contribution in [0.4, 0.5) is 4.79 Å². The number of rotatable bonds is 25. The maximum Gasteiger partial charge on any atom is 0.315 e. The molecule has 0 radical (unpaired) electrons. The maximum atomic E-state index is 12.6. The predicted octanol–water partition coefficient (Wildman–Crippen LogP) is -3.65. The Hall–Kier alpha value is -4.70. The van der Waals surface area contributed by atoms with Crippen LogP contribution in [0.1, 0.15) is 72.1 Å². The number of aliphatic hydroxyl groups excluding tert-OH is 1. The van der Waals surface area contributed by atoms with Gasteiger partial charge in [0, 0.05) is 36.3 Å². The van der Waals surface area contributed by atoms with Gasteiger partial charge in [-0.3, -0.25) is 43.6 Å². The average Bonchev–Trinajstić information content (AvgIpc) is 3.70. The summed E-state index contributed by atoms with van der Waals surface area (Å²) in [6, 6.07) is -3.52. The Balaban J connectivity index is 1.61. The van der Waals surface area contributed by atoms with E-state index in [1.807, 2.05) is 11.8 Å². The van der Waals surface area contributed by atoms with Gasteiger partial charge in [0.05, 0.1) is 31.8 Å². The van der Waals surface area contributed by atoms with Crippen molar-refractivity contribution < 1.29 is 53.5 Å². The minimum Gasteiger partial charge on any atom is -0.394 e. The molecule has 0 saturated carbocycles. The number of thioether (sulfide) groups is 1. The fraction of sp³-hybridized carbons (Fsp3) is 0.727. The van der Waals surface area contributed by atoms with Crippen LogP contribution in [-0.2, 0) is 38.4 Å². The summed E-state index contributed by atoms with van der Waals surface area (Å²) in [5.74, 6) is -5.89. The molecule has 7 atom stereocenters. The molecule has 21 nitrogen and oxygen atoms in total. The number of fused-ring (bicyclic) bond motifs is 1. The molecule has 13 N–H and O–H groups in total. The number of urea groups is 1. The molecule has 22 heteroatoms. The quantitative estimate of drug-likeness (QED) is 0.0184. The predicted molar refractivity (Wildman–Crippen MR) is 197 cm³/mol. The number of nitrogens with one attached hydrogen (secondary N) is 9. The molecule has 2 rings (SSSR count). The van der Waals surface area contributed by atoms with Gasteiger partial charge >= 0.3 is 6.03 Å². The minimum atomic E-state index is -1.50. The number of carbonyl (C=O) groups is 9. The maximum absolute atomic E-state index is 12.6. The van der Waals surface area contributed by atoms with Gasteiger partial charge < -0.3 is 53.4 Å².